The lowest BCUT2D eigenvalue weighted by Gasteiger charge is -2.14. The maximum atomic E-state index is 12.0. The number of aryl methyl sites for hydroxylation is 3. The Morgan fingerprint density at radius 1 is 1.00 bits per heavy atom. The number of hydrogen-bond acceptors (Lipinski definition) is 3. The van der Waals surface area contributed by atoms with E-state index in [9.17, 15) is 4.79 Å². The van der Waals surface area contributed by atoms with Gasteiger partial charge in [0, 0.05) is 24.0 Å². The van der Waals surface area contributed by atoms with Gasteiger partial charge in [0.2, 0.25) is 5.91 Å². The van der Waals surface area contributed by atoms with E-state index in [2.05, 4.69) is 58.8 Å². The standard InChI is InChI=1S/C19H24N4O/c1-11-8-12(2)17(13(3)9-11)18-21-22(14(4)24)16-10-15(19(5,6)7)20-23(16)18/h8-10H,1-7H3. The molecule has 0 saturated heterocycles. The number of carbonyl (C=O) groups is 1. The highest BCUT2D eigenvalue weighted by Gasteiger charge is 2.24. The first-order valence-corrected chi connectivity index (χ1v) is 8.18. The van der Waals surface area contributed by atoms with E-state index in [1.165, 1.54) is 17.2 Å². The molecule has 2 heterocycles. The zero-order valence-corrected chi connectivity index (χ0v) is 15.4. The van der Waals surface area contributed by atoms with E-state index in [4.69, 9.17) is 5.10 Å². The lowest BCUT2D eigenvalue weighted by atomic mass is 9.93. The van der Waals surface area contributed by atoms with Crippen molar-refractivity contribution in [3.05, 3.63) is 40.6 Å². The first kappa shape index (κ1) is 16.4. The summed E-state index contributed by atoms with van der Waals surface area (Å²) in [6.07, 6.45) is 0. The Labute approximate surface area is 142 Å². The van der Waals surface area contributed by atoms with E-state index in [1.807, 2.05) is 6.07 Å². The Morgan fingerprint density at radius 3 is 2.08 bits per heavy atom. The van der Waals surface area contributed by atoms with Crippen LogP contribution in [-0.4, -0.2) is 25.3 Å². The Kier molecular flexibility index (Phi) is 3.62. The average molecular weight is 324 g/mol. The molecule has 0 atom stereocenters. The fourth-order valence-corrected chi connectivity index (χ4v) is 3.15. The van der Waals surface area contributed by atoms with E-state index >= 15 is 0 Å². The second kappa shape index (κ2) is 5.30. The second-order valence-electron chi connectivity index (χ2n) is 7.58. The molecule has 0 fully saturated rings. The van der Waals surface area contributed by atoms with Crippen molar-refractivity contribution < 1.29 is 4.79 Å². The summed E-state index contributed by atoms with van der Waals surface area (Å²) in [5.74, 6) is 0.597. The molecule has 5 nitrogen and oxygen atoms in total. The predicted octanol–water partition coefficient (Wildman–Crippen LogP) is 4.08. The minimum atomic E-state index is -0.117. The van der Waals surface area contributed by atoms with E-state index < -0.39 is 0 Å². The minimum absolute atomic E-state index is 0.0950. The summed E-state index contributed by atoms with van der Waals surface area (Å²) >= 11 is 0. The molecule has 0 aliphatic carbocycles. The summed E-state index contributed by atoms with van der Waals surface area (Å²) in [6.45, 7) is 14.1. The summed E-state index contributed by atoms with van der Waals surface area (Å²) in [5, 5.41) is 9.31. The molecule has 0 N–H and O–H groups in total. The molecule has 0 amide bonds. The van der Waals surface area contributed by atoms with Crippen molar-refractivity contribution in [1.82, 2.24) is 19.4 Å². The molecule has 0 unspecified atom stereocenters. The summed E-state index contributed by atoms with van der Waals surface area (Å²) in [6, 6.07) is 6.22. The second-order valence-corrected chi connectivity index (χ2v) is 7.58. The third-order valence-corrected chi connectivity index (χ3v) is 4.27. The SMILES string of the molecule is CC(=O)n1nc(-c2c(C)cc(C)cc2C)n2nc(C(C)(C)C)cc12. The molecule has 0 aliphatic rings. The number of rotatable bonds is 1. The first-order valence-electron chi connectivity index (χ1n) is 8.18. The number of fused-ring (bicyclic) bond motifs is 1. The minimum Gasteiger partial charge on any atom is -0.273 e. The molecular weight excluding hydrogens is 300 g/mol. The van der Waals surface area contributed by atoms with Gasteiger partial charge < -0.3 is 0 Å². The van der Waals surface area contributed by atoms with Crippen molar-refractivity contribution in [2.24, 2.45) is 0 Å². The molecule has 0 bridgehead atoms. The quantitative estimate of drug-likeness (QED) is 0.677. The van der Waals surface area contributed by atoms with Crippen LogP contribution >= 0.6 is 0 Å². The van der Waals surface area contributed by atoms with Crippen LogP contribution < -0.4 is 0 Å². The highest BCUT2D eigenvalue weighted by Crippen LogP contribution is 2.30. The predicted molar refractivity (Wildman–Crippen MR) is 95.6 cm³/mol. The maximum Gasteiger partial charge on any atom is 0.245 e. The summed E-state index contributed by atoms with van der Waals surface area (Å²) in [4.78, 5) is 12.0. The van der Waals surface area contributed by atoms with Gasteiger partial charge in [-0.25, -0.2) is 0 Å². The van der Waals surface area contributed by atoms with Gasteiger partial charge >= 0.3 is 0 Å². The molecule has 24 heavy (non-hydrogen) atoms. The molecule has 0 spiro atoms. The molecule has 0 radical (unpaired) electrons. The third-order valence-electron chi connectivity index (χ3n) is 4.27. The van der Waals surface area contributed by atoms with Gasteiger partial charge in [-0.3, -0.25) is 4.79 Å². The molecule has 0 aliphatic heterocycles. The zero-order chi connectivity index (χ0) is 17.8. The van der Waals surface area contributed by atoms with E-state index in [0.29, 0.717) is 11.5 Å². The van der Waals surface area contributed by atoms with Crippen molar-refractivity contribution >= 4 is 11.6 Å². The van der Waals surface area contributed by atoms with Crippen molar-refractivity contribution in [2.75, 3.05) is 0 Å². The Balaban J connectivity index is 2.37. The third kappa shape index (κ3) is 2.54. The molecule has 0 saturated carbocycles. The van der Waals surface area contributed by atoms with Crippen LogP contribution in [-0.2, 0) is 5.41 Å². The smallest absolute Gasteiger partial charge is 0.245 e. The molecule has 126 valence electrons. The monoisotopic (exact) mass is 324 g/mol. The number of nitrogens with zero attached hydrogens (tertiary/aromatic N) is 4. The first-order chi connectivity index (χ1) is 11.1. The number of hydrogen-bond donors (Lipinski definition) is 0. The number of carbonyl (C=O) groups excluding carboxylic acids is 1. The lowest BCUT2D eigenvalue weighted by Crippen LogP contribution is -2.12. The van der Waals surface area contributed by atoms with Gasteiger partial charge in [0.15, 0.2) is 11.5 Å². The summed E-state index contributed by atoms with van der Waals surface area (Å²) in [5.41, 5.74) is 6.08. The van der Waals surface area contributed by atoms with Crippen LogP contribution in [0.25, 0.3) is 17.0 Å². The van der Waals surface area contributed by atoms with Gasteiger partial charge in [-0.2, -0.15) is 14.3 Å². The molecule has 3 rings (SSSR count). The largest absolute Gasteiger partial charge is 0.273 e. The number of aromatic nitrogens is 4. The van der Waals surface area contributed by atoms with Crippen LogP contribution in [0.15, 0.2) is 18.2 Å². The Hall–Kier alpha value is -2.43. The average Bonchev–Trinajstić information content (AvgIpc) is 2.96. The maximum absolute atomic E-state index is 12.0. The van der Waals surface area contributed by atoms with Gasteiger partial charge in [-0.15, -0.1) is 5.10 Å². The fraction of sp³-hybridized carbons (Fsp3) is 0.421. The molecule has 3 aromatic rings. The van der Waals surface area contributed by atoms with Gasteiger partial charge in [-0.05, 0) is 31.9 Å². The van der Waals surface area contributed by atoms with Crippen LogP contribution in [0, 0.1) is 20.8 Å². The number of benzene rings is 1. The Bertz CT molecular complexity index is 931. The van der Waals surface area contributed by atoms with Crippen LogP contribution in [0.4, 0.5) is 0 Å². The normalized spacial score (nSPS) is 12.1. The van der Waals surface area contributed by atoms with Crippen LogP contribution in [0.5, 0.6) is 0 Å². The zero-order valence-electron chi connectivity index (χ0n) is 15.4. The van der Waals surface area contributed by atoms with Crippen molar-refractivity contribution in [3.8, 4) is 11.4 Å². The lowest BCUT2D eigenvalue weighted by molar-refractivity contribution is 0.0926. The Morgan fingerprint density at radius 2 is 1.58 bits per heavy atom. The summed E-state index contributed by atoms with van der Waals surface area (Å²) in [7, 11) is 0. The van der Waals surface area contributed by atoms with Crippen LogP contribution in [0.3, 0.4) is 0 Å². The van der Waals surface area contributed by atoms with Crippen molar-refractivity contribution in [2.45, 2.75) is 53.9 Å². The van der Waals surface area contributed by atoms with Gasteiger partial charge in [0.05, 0.1) is 5.69 Å². The van der Waals surface area contributed by atoms with Crippen molar-refractivity contribution in [1.29, 1.82) is 0 Å². The van der Waals surface area contributed by atoms with Crippen LogP contribution in [0.2, 0.25) is 0 Å². The molecular formula is C19H24N4O. The van der Waals surface area contributed by atoms with Crippen molar-refractivity contribution in [3.63, 3.8) is 0 Å². The van der Waals surface area contributed by atoms with Gasteiger partial charge in [0.25, 0.3) is 0 Å². The van der Waals surface area contributed by atoms with E-state index in [1.54, 1.807) is 4.52 Å². The highest BCUT2D eigenvalue weighted by molar-refractivity contribution is 5.81. The molecule has 1 aromatic carbocycles. The summed E-state index contributed by atoms with van der Waals surface area (Å²) < 4.78 is 3.24. The fourth-order valence-electron chi connectivity index (χ4n) is 3.15. The molecule has 5 heteroatoms. The topological polar surface area (TPSA) is 52.2 Å². The van der Waals surface area contributed by atoms with Crippen LogP contribution in [0.1, 0.15) is 54.9 Å². The van der Waals surface area contributed by atoms with Gasteiger partial charge in [0.1, 0.15) is 0 Å². The molecule has 2 aromatic heterocycles. The van der Waals surface area contributed by atoms with E-state index in [-0.39, 0.29) is 11.3 Å². The highest BCUT2D eigenvalue weighted by atomic mass is 16.2. The van der Waals surface area contributed by atoms with E-state index in [0.717, 1.165) is 22.4 Å². The van der Waals surface area contributed by atoms with Gasteiger partial charge in [-0.1, -0.05) is 38.5 Å².